The van der Waals surface area contributed by atoms with E-state index in [0.717, 1.165) is 5.52 Å². The van der Waals surface area contributed by atoms with Crippen molar-refractivity contribution in [3.63, 3.8) is 0 Å². The number of benzene rings is 3. The molecular weight excluding hydrogens is 495 g/mol. The Morgan fingerprint density at radius 2 is 1.85 bits per heavy atom. The summed E-state index contributed by atoms with van der Waals surface area (Å²) in [7, 11) is 1.50. The first-order valence-corrected chi connectivity index (χ1v) is 11.6. The number of halogens is 3. The monoisotopic (exact) mass is 514 g/mol. The third-order valence-corrected chi connectivity index (χ3v) is 6.03. The zero-order valence-corrected chi connectivity index (χ0v) is 20.9. The second-order valence-corrected chi connectivity index (χ2v) is 9.18. The van der Waals surface area contributed by atoms with Crippen LogP contribution in [0.5, 0.6) is 5.75 Å². The number of hydrogen-bond acceptors (Lipinski definition) is 4. The molecule has 4 aromatic rings. The van der Waals surface area contributed by atoms with E-state index in [2.05, 4.69) is 24.1 Å². The number of methoxy groups -OCH3 is 1. The molecule has 1 N–H and O–H groups in total. The zero-order valence-electron chi connectivity index (χ0n) is 18.7. The summed E-state index contributed by atoms with van der Waals surface area (Å²) < 4.78 is 11.2. The van der Waals surface area contributed by atoms with Crippen molar-refractivity contribution >= 4 is 63.6 Å². The lowest BCUT2D eigenvalue weighted by molar-refractivity contribution is -0.111. The molecule has 0 unspecified atom stereocenters. The minimum absolute atomic E-state index is 0.356. The number of ether oxygens (including phenoxy) is 1. The van der Waals surface area contributed by atoms with Crippen LogP contribution in [0.2, 0.25) is 15.1 Å². The topological polar surface area (TPSA) is 64.4 Å². The Hall–Kier alpha value is -2.99. The Labute approximate surface area is 212 Å². The number of oxazole rings is 1. The van der Waals surface area contributed by atoms with Crippen LogP contribution < -0.4 is 10.1 Å². The number of carbonyl (C=O) groups excluding carboxylic acids is 1. The molecule has 0 spiro atoms. The standard InChI is InChI=1S/C26H21Cl3N2O3/c1-14(2)15-4-8-23-22(11-15)31-26(34-23)19-13-18(6-7-20(19)28)30-24(32)9-5-16-10-17(27)12-21(29)25(16)33-3/h4-14H,1-3H3,(H,30,32)/b9-5+. The van der Waals surface area contributed by atoms with E-state index in [1.165, 1.54) is 18.7 Å². The van der Waals surface area contributed by atoms with E-state index in [0.29, 0.717) is 55.0 Å². The molecule has 1 aromatic heterocycles. The van der Waals surface area contributed by atoms with E-state index in [4.69, 9.17) is 44.0 Å². The van der Waals surface area contributed by atoms with Gasteiger partial charge in [0.1, 0.15) is 11.3 Å². The highest BCUT2D eigenvalue weighted by Gasteiger charge is 2.14. The van der Waals surface area contributed by atoms with Gasteiger partial charge in [-0.15, -0.1) is 0 Å². The molecule has 174 valence electrons. The van der Waals surface area contributed by atoms with Gasteiger partial charge in [-0.1, -0.05) is 54.7 Å². The molecule has 8 heteroatoms. The number of amides is 1. The van der Waals surface area contributed by atoms with Gasteiger partial charge in [0.2, 0.25) is 11.8 Å². The van der Waals surface area contributed by atoms with Crippen molar-refractivity contribution in [1.29, 1.82) is 0 Å². The quantitative estimate of drug-likeness (QED) is 0.263. The second-order valence-electron chi connectivity index (χ2n) is 7.93. The number of rotatable bonds is 6. The van der Waals surface area contributed by atoms with Gasteiger partial charge in [-0.2, -0.15) is 0 Å². The van der Waals surface area contributed by atoms with Crippen LogP contribution in [-0.2, 0) is 4.79 Å². The smallest absolute Gasteiger partial charge is 0.248 e. The van der Waals surface area contributed by atoms with Crippen molar-refractivity contribution in [3.8, 4) is 17.2 Å². The van der Waals surface area contributed by atoms with Gasteiger partial charge in [0.05, 0.1) is 22.7 Å². The minimum atomic E-state index is -0.356. The lowest BCUT2D eigenvalue weighted by Crippen LogP contribution is -2.07. The molecule has 3 aromatic carbocycles. The van der Waals surface area contributed by atoms with Crippen molar-refractivity contribution in [1.82, 2.24) is 4.98 Å². The average Bonchev–Trinajstić information content (AvgIpc) is 3.21. The molecule has 34 heavy (non-hydrogen) atoms. The Kier molecular flexibility index (Phi) is 7.17. The highest BCUT2D eigenvalue weighted by Crippen LogP contribution is 2.34. The van der Waals surface area contributed by atoms with E-state index in [9.17, 15) is 4.79 Å². The van der Waals surface area contributed by atoms with Gasteiger partial charge in [0.15, 0.2) is 5.58 Å². The normalized spacial score (nSPS) is 11.5. The molecule has 0 aliphatic heterocycles. The first kappa shape index (κ1) is 24.1. The molecule has 0 atom stereocenters. The molecule has 4 rings (SSSR count). The van der Waals surface area contributed by atoms with Gasteiger partial charge < -0.3 is 14.5 Å². The predicted octanol–water partition coefficient (Wildman–Crippen LogP) is 8.24. The summed E-state index contributed by atoms with van der Waals surface area (Å²) in [5, 5.41) is 4.07. The van der Waals surface area contributed by atoms with E-state index in [1.54, 1.807) is 36.4 Å². The first-order chi connectivity index (χ1) is 16.2. The van der Waals surface area contributed by atoms with Crippen LogP contribution in [-0.4, -0.2) is 18.0 Å². The van der Waals surface area contributed by atoms with Crippen LogP contribution in [0.1, 0.15) is 30.9 Å². The summed E-state index contributed by atoms with van der Waals surface area (Å²) in [6, 6.07) is 14.3. The zero-order chi connectivity index (χ0) is 24.4. The molecular formula is C26H21Cl3N2O3. The highest BCUT2D eigenvalue weighted by atomic mass is 35.5. The maximum absolute atomic E-state index is 12.6. The largest absolute Gasteiger partial charge is 0.495 e. The average molecular weight is 516 g/mol. The molecule has 0 bridgehead atoms. The Morgan fingerprint density at radius 1 is 1.06 bits per heavy atom. The van der Waals surface area contributed by atoms with Crippen molar-refractivity contribution < 1.29 is 13.9 Å². The Bertz CT molecular complexity index is 1410. The Balaban J connectivity index is 1.58. The summed E-state index contributed by atoms with van der Waals surface area (Å²) in [5.41, 5.74) is 4.29. The minimum Gasteiger partial charge on any atom is -0.495 e. The first-order valence-electron chi connectivity index (χ1n) is 10.5. The van der Waals surface area contributed by atoms with Crippen LogP contribution in [0.15, 0.2) is 59.0 Å². The van der Waals surface area contributed by atoms with Crippen molar-refractivity contribution in [3.05, 3.63) is 80.8 Å². The highest BCUT2D eigenvalue weighted by molar-refractivity contribution is 6.36. The lowest BCUT2D eigenvalue weighted by atomic mass is 10.0. The van der Waals surface area contributed by atoms with Gasteiger partial charge in [0, 0.05) is 22.3 Å². The van der Waals surface area contributed by atoms with E-state index in [-0.39, 0.29) is 5.91 Å². The van der Waals surface area contributed by atoms with Gasteiger partial charge >= 0.3 is 0 Å². The van der Waals surface area contributed by atoms with Gasteiger partial charge in [-0.05, 0) is 60.0 Å². The molecule has 0 aliphatic rings. The summed E-state index contributed by atoms with van der Waals surface area (Å²) in [5.74, 6) is 0.833. The summed E-state index contributed by atoms with van der Waals surface area (Å²) >= 11 is 18.6. The fraction of sp³-hybridized carbons (Fsp3) is 0.154. The molecule has 0 saturated heterocycles. The summed E-state index contributed by atoms with van der Waals surface area (Å²) in [4.78, 5) is 17.2. The number of aromatic nitrogens is 1. The number of carbonyl (C=O) groups is 1. The maximum Gasteiger partial charge on any atom is 0.248 e. The third-order valence-electron chi connectivity index (χ3n) is 5.20. The molecule has 1 amide bonds. The molecule has 0 aliphatic carbocycles. The van der Waals surface area contributed by atoms with E-state index in [1.807, 2.05) is 18.2 Å². The molecule has 1 heterocycles. The maximum atomic E-state index is 12.6. The van der Waals surface area contributed by atoms with Crippen LogP contribution in [0, 0.1) is 0 Å². The number of hydrogen-bond donors (Lipinski definition) is 1. The van der Waals surface area contributed by atoms with Crippen LogP contribution in [0.25, 0.3) is 28.6 Å². The molecule has 0 fully saturated rings. The van der Waals surface area contributed by atoms with Crippen LogP contribution >= 0.6 is 34.8 Å². The van der Waals surface area contributed by atoms with E-state index < -0.39 is 0 Å². The van der Waals surface area contributed by atoms with Crippen molar-refractivity contribution in [2.45, 2.75) is 19.8 Å². The predicted molar refractivity (Wildman–Crippen MR) is 139 cm³/mol. The van der Waals surface area contributed by atoms with Crippen LogP contribution in [0.3, 0.4) is 0 Å². The van der Waals surface area contributed by atoms with Crippen molar-refractivity contribution in [2.75, 3.05) is 12.4 Å². The lowest BCUT2D eigenvalue weighted by Gasteiger charge is -2.08. The number of nitrogens with one attached hydrogen (secondary N) is 1. The van der Waals surface area contributed by atoms with Gasteiger partial charge in [0.25, 0.3) is 0 Å². The molecule has 5 nitrogen and oxygen atoms in total. The summed E-state index contributed by atoms with van der Waals surface area (Å²) in [6.07, 6.45) is 2.95. The van der Waals surface area contributed by atoms with Crippen LogP contribution in [0.4, 0.5) is 5.69 Å². The molecule has 0 saturated carbocycles. The summed E-state index contributed by atoms with van der Waals surface area (Å²) in [6.45, 7) is 4.24. The Morgan fingerprint density at radius 3 is 2.59 bits per heavy atom. The fourth-order valence-corrected chi connectivity index (χ4v) is 4.24. The van der Waals surface area contributed by atoms with Crippen molar-refractivity contribution in [2.24, 2.45) is 0 Å². The molecule has 0 radical (unpaired) electrons. The number of anilines is 1. The van der Waals surface area contributed by atoms with Gasteiger partial charge in [-0.25, -0.2) is 4.98 Å². The fourth-order valence-electron chi connectivity index (χ4n) is 3.45. The van der Waals surface area contributed by atoms with Gasteiger partial charge in [-0.3, -0.25) is 4.79 Å². The number of nitrogens with zero attached hydrogens (tertiary/aromatic N) is 1. The third kappa shape index (κ3) is 5.22. The second kappa shape index (κ2) is 10.1. The number of fused-ring (bicyclic) bond motifs is 1. The van der Waals surface area contributed by atoms with E-state index >= 15 is 0 Å². The SMILES string of the molecule is COc1c(Cl)cc(Cl)cc1/C=C/C(=O)Nc1ccc(Cl)c(-c2nc3cc(C(C)C)ccc3o2)c1.